The summed E-state index contributed by atoms with van der Waals surface area (Å²) in [5.41, 5.74) is 2.43. The molecule has 0 saturated carbocycles. The van der Waals surface area contributed by atoms with Gasteiger partial charge in [0.25, 0.3) is 5.76 Å². The van der Waals surface area contributed by atoms with Crippen LogP contribution in [0.15, 0.2) is 53.4 Å². The molecule has 0 aliphatic carbocycles. The van der Waals surface area contributed by atoms with Gasteiger partial charge >= 0.3 is 0 Å². The average Bonchev–Trinajstić information content (AvgIpc) is 2.43. The van der Waals surface area contributed by atoms with E-state index in [0.717, 1.165) is 11.1 Å². The van der Waals surface area contributed by atoms with Crippen molar-refractivity contribution in [1.82, 2.24) is 0 Å². The molecule has 0 aromatic heterocycles. The van der Waals surface area contributed by atoms with Crippen LogP contribution in [0, 0.1) is 6.92 Å². The molecule has 0 saturated heterocycles. The van der Waals surface area contributed by atoms with Crippen molar-refractivity contribution >= 4 is 23.4 Å². The third-order valence-electron chi connectivity index (χ3n) is 2.86. The Morgan fingerprint density at radius 3 is 2.48 bits per heavy atom. The molecule has 0 spiro atoms. The van der Waals surface area contributed by atoms with Gasteiger partial charge in [-0.1, -0.05) is 53.7 Å². The molecular formula is C16H15F2NOS. The highest BCUT2D eigenvalue weighted by Crippen LogP contribution is 2.31. The van der Waals surface area contributed by atoms with Gasteiger partial charge < -0.3 is 5.32 Å². The number of rotatable bonds is 5. The molecule has 1 amide bonds. The van der Waals surface area contributed by atoms with Gasteiger partial charge in [-0.3, -0.25) is 4.79 Å². The van der Waals surface area contributed by atoms with E-state index in [0.29, 0.717) is 22.3 Å². The fraction of sp³-hybridized carbons (Fsp3) is 0.188. The van der Waals surface area contributed by atoms with Crippen molar-refractivity contribution in [2.45, 2.75) is 24.0 Å². The molecule has 0 aliphatic heterocycles. The molecule has 0 heterocycles. The van der Waals surface area contributed by atoms with Crippen molar-refractivity contribution in [3.8, 4) is 0 Å². The van der Waals surface area contributed by atoms with Gasteiger partial charge in [-0.25, -0.2) is 0 Å². The van der Waals surface area contributed by atoms with Gasteiger partial charge in [0.15, 0.2) is 0 Å². The molecule has 5 heteroatoms. The lowest BCUT2D eigenvalue weighted by Gasteiger charge is -2.10. The number of hydrogen-bond acceptors (Lipinski definition) is 2. The topological polar surface area (TPSA) is 29.1 Å². The third kappa shape index (κ3) is 4.86. The summed E-state index contributed by atoms with van der Waals surface area (Å²) in [5.74, 6) is -2.73. The van der Waals surface area contributed by atoms with Crippen LogP contribution >= 0.6 is 11.8 Å². The van der Waals surface area contributed by atoms with Crippen LogP contribution in [0.2, 0.25) is 0 Å². The number of anilines is 1. The van der Waals surface area contributed by atoms with Gasteiger partial charge in [0.1, 0.15) is 0 Å². The SMILES string of the molecule is Cc1ccc(CC(=O)Nc2ccccc2SC(F)F)cc1. The van der Waals surface area contributed by atoms with Crippen LogP contribution in [0.3, 0.4) is 0 Å². The zero-order chi connectivity index (χ0) is 15.2. The van der Waals surface area contributed by atoms with E-state index in [1.54, 1.807) is 24.3 Å². The monoisotopic (exact) mass is 307 g/mol. The number of benzene rings is 2. The molecule has 0 atom stereocenters. The molecule has 0 bridgehead atoms. The molecule has 110 valence electrons. The number of halogens is 2. The Bertz CT molecular complexity index is 614. The molecule has 1 N–H and O–H groups in total. The van der Waals surface area contributed by atoms with E-state index in [9.17, 15) is 13.6 Å². The molecule has 2 rings (SSSR count). The minimum atomic E-state index is -2.51. The highest BCUT2D eigenvalue weighted by molar-refractivity contribution is 7.99. The van der Waals surface area contributed by atoms with Crippen LogP contribution in [0.25, 0.3) is 0 Å². The molecule has 0 fully saturated rings. The molecule has 2 nitrogen and oxygen atoms in total. The zero-order valence-electron chi connectivity index (χ0n) is 11.5. The quantitative estimate of drug-likeness (QED) is 0.825. The van der Waals surface area contributed by atoms with Gasteiger partial charge in [-0.15, -0.1) is 0 Å². The normalized spacial score (nSPS) is 10.7. The lowest BCUT2D eigenvalue weighted by atomic mass is 10.1. The fourth-order valence-electron chi connectivity index (χ4n) is 1.85. The number of thioether (sulfide) groups is 1. The summed E-state index contributed by atoms with van der Waals surface area (Å²) in [6.45, 7) is 1.97. The second-order valence-electron chi connectivity index (χ2n) is 4.59. The van der Waals surface area contributed by atoms with E-state index in [4.69, 9.17) is 0 Å². The number of amides is 1. The Kier molecular flexibility index (Phi) is 5.33. The minimum Gasteiger partial charge on any atom is -0.325 e. The Balaban J connectivity index is 2.04. The van der Waals surface area contributed by atoms with E-state index < -0.39 is 5.76 Å². The smallest absolute Gasteiger partial charge is 0.288 e. The number of carbonyl (C=O) groups is 1. The second kappa shape index (κ2) is 7.22. The lowest BCUT2D eigenvalue weighted by molar-refractivity contribution is -0.115. The first-order valence-corrected chi connectivity index (χ1v) is 7.32. The van der Waals surface area contributed by atoms with Crippen LogP contribution < -0.4 is 5.32 Å². The van der Waals surface area contributed by atoms with Crippen molar-refractivity contribution in [2.75, 3.05) is 5.32 Å². The van der Waals surface area contributed by atoms with E-state index in [2.05, 4.69) is 5.32 Å². The summed E-state index contributed by atoms with van der Waals surface area (Å²) >= 11 is 0.427. The molecule has 0 aliphatic rings. The second-order valence-corrected chi connectivity index (χ2v) is 5.62. The van der Waals surface area contributed by atoms with Gasteiger partial charge in [0.05, 0.1) is 12.1 Å². The molecule has 0 unspecified atom stereocenters. The highest BCUT2D eigenvalue weighted by atomic mass is 32.2. The number of carbonyl (C=O) groups excluding carboxylic acids is 1. The van der Waals surface area contributed by atoms with E-state index >= 15 is 0 Å². The third-order valence-corrected chi connectivity index (χ3v) is 3.65. The number of nitrogens with one attached hydrogen (secondary N) is 1. The van der Waals surface area contributed by atoms with Crippen LogP contribution in [-0.4, -0.2) is 11.7 Å². The first kappa shape index (κ1) is 15.5. The summed E-state index contributed by atoms with van der Waals surface area (Å²) in [6.07, 6.45) is 0.216. The summed E-state index contributed by atoms with van der Waals surface area (Å²) in [5, 5.41) is 2.69. The van der Waals surface area contributed by atoms with Crippen LogP contribution in [0.5, 0.6) is 0 Å². The predicted octanol–water partition coefficient (Wildman–Crippen LogP) is 4.49. The summed E-state index contributed by atoms with van der Waals surface area (Å²) < 4.78 is 24.9. The highest BCUT2D eigenvalue weighted by Gasteiger charge is 2.12. The molecule has 2 aromatic rings. The number of hydrogen-bond donors (Lipinski definition) is 1. The largest absolute Gasteiger partial charge is 0.325 e. The maximum atomic E-state index is 12.5. The lowest BCUT2D eigenvalue weighted by Crippen LogP contribution is -2.15. The van der Waals surface area contributed by atoms with Crippen molar-refractivity contribution in [1.29, 1.82) is 0 Å². The Morgan fingerprint density at radius 1 is 1.14 bits per heavy atom. The summed E-state index contributed by atoms with van der Waals surface area (Å²) in [7, 11) is 0. The maximum Gasteiger partial charge on any atom is 0.288 e. The van der Waals surface area contributed by atoms with Gasteiger partial charge in [-0.2, -0.15) is 8.78 Å². The van der Waals surface area contributed by atoms with Gasteiger partial charge in [0.2, 0.25) is 5.91 Å². The first-order valence-electron chi connectivity index (χ1n) is 6.44. The van der Waals surface area contributed by atoms with Crippen molar-refractivity contribution < 1.29 is 13.6 Å². The Labute approximate surface area is 126 Å². The standard InChI is InChI=1S/C16H15F2NOS/c1-11-6-8-12(9-7-11)10-15(20)19-13-4-2-3-5-14(13)21-16(17)18/h2-9,16H,10H2,1H3,(H,19,20). The summed E-state index contributed by atoms with van der Waals surface area (Å²) in [4.78, 5) is 12.4. The number of aryl methyl sites for hydroxylation is 1. The number of alkyl halides is 2. The molecule has 21 heavy (non-hydrogen) atoms. The van der Waals surface area contributed by atoms with Crippen molar-refractivity contribution in [2.24, 2.45) is 0 Å². The average molecular weight is 307 g/mol. The zero-order valence-corrected chi connectivity index (χ0v) is 12.3. The van der Waals surface area contributed by atoms with Gasteiger partial charge in [0, 0.05) is 4.90 Å². The fourth-order valence-corrected chi connectivity index (χ4v) is 2.45. The maximum absolute atomic E-state index is 12.5. The van der Waals surface area contributed by atoms with E-state index in [1.165, 1.54) is 0 Å². The number of para-hydroxylation sites is 1. The van der Waals surface area contributed by atoms with Gasteiger partial charge in [-0.05, 0) is 24.6 Å². The van der Waals surface area contributed by atoms with E-state index in [1.807, 2.05) is 31.2 Å². The predicted molar refractivity (Wildman–Crippen MR) is 81.8 cm³/mol. The first-order chi connectivity index (χ1) is 10.0. The van der Waals surface area contributed by atoms with Crippen LogP contribution in [-0.2, 0) is 11.2 Å². The van der Waals surface area contributed by atoms with Crippen LogP contribution in [0.4, 0.5) is 14.5 Å². The summed E-state index contributed by atoms with van der Waals surface area (Å²) in [6, 6.07) is 14.2. The molecular weight excluding hydrogens is 292 g/mol. The Hall–Kier alpha value is -1.88. The van der Waals surface area contributed by atoms with Crippen molar-refractivity contribution in [3.05, 3.63) is 59.7 Å². The van der Waals surface area contributed by atoms with E-state index in [-0.39, 0.29) is 12.3 Å². The van der Waals surface area contributed by atoms with Crippen LogP contribution in [0.1, 0.15) is 11.1 Å². The molecule has 2 aromatic carbocycles. The molecule has 0 radical (unpaired) electrons. The minimum absolute atomic E-state index is 0.216. The Morgan fingerprint density at radius 2 is 1.81 bits per heavy atom. The van der Waals surface area contributed by atoms with Crippen molar-refractivity contribution in [3.63, 3.8) is 0 Å².